The van der Waals surface area contributed by atoms with Gasteiger partial charge in [0.05, 0.1) is 22.2 Å². The van der Waals surface area contributed by atoms with E-state index in [0.29, 0.717) is 29.3 Å². The minimum Gasteiger partial charge on any atom is -0.302 e. The first-order chi connectivity index (χ1) is 10.4. The van der Waals surface area contributed by atoms with E-state index in [4.69, 9.17) is 4.98 Å². The van der Waals surface area contributed by atoms with E-state index < -0.39 is 9.84 Å². The van der Waals surface area contributed by atoms with E-state index in [0.717, 1.165) is 26.1 Å². The van der Waals surface area contributed by atoms with E-state index in [2.05, 4.69) is 24.1 Å². The zero-order chi connectivity index (χ0) is 15.7. The summed E-state index contributed by atoms with van der Waals surface area (Å²) in [6, 6.07) is 0. The lowest BCUT2D eigenvalue weighted by molar-refractivity contribution is 0.184. The summed E-state index contributed by atoms with van der Waals surface area (Å²) in [6.07, 6.45) is 3.25. The number of hydrogen-bond donors (Lipinski definition) is 0. The summed E-state index contributed by atoms with van der Waals surface area (Å²) in [5.41, 5.74) is 1.21. The van der Waals surface area contributed by atoms with Gasteiger partial charge < -0.3 is 4.90 Å². The lowest BCUT2D eigenvalue weighted by atomic mass is 9.97. The number of aromatic nitrogens is 1. The van der Waals surface area contributed by atoms with Crippen LogP contribution in [0.2, 0.25) is 0 Å². The number of hydrogen-bond acceptors (Lipinski definition) is 5. The molecule has 1 aromatic rings. The van der Waals surface area contributed by atoms with Crippen LogP contribution in [-0.2, 0) is 9.84 Å². The highest BCUT2D eigenvalue weighted by Gasteiger charge is 2.31. The van der Waals surface area contributed by atoms with Gasteiger partial charge in [-0.1, -0.05) is 13.8 Å². The van der Waals surface area contributed by atoms with Gasteiger partial charge in [0.25, 0.3) is 0 Å². The van der Waals surface area contributed by atoms with Gasteiger partial charge in [-0.2, -0.15) is 0 Å². The largest absolute Gasteiger partial charge is 0.302 e. The lowest BCUT2D eigenvalue weighted by Gasteiger charge is -2.33. The van der Waals surface area contributed by atoms with Crippen LogP contribution in [-0.4, -0.2) is 49.4 Å². The zero-order valence-corrected chi connectivity index (χ0v) is 15.1. The fourth-order valence-electron chi connectivity index (χ4n) is 3.56. The Morgan fingerprint density at radius 2 is 2.23 bits per heavy atom. The molecule has 2 fully saturated rings. The molecule has 4 nitrogen and oxygen atoms in total. The van der Waals surface area contributed by atoms with E-state index in [1.807, 2.05) is 0 Å². The number of sulfone groups is 1. The first-order valence-electron chi connectivity index (χ1n) is 8.31. The molecule has 0 aromatic carbocycles. The molecule has 22 heavy (non-hydrogen) atoms. The third-order valence-corrected chi connectivity index (χ3v) is 7.69. The molecule has 0 spiro atoms. The summed E-state index contributed by atoms with van der Waals surface area (Å²) >= 11 is 1.80. The Kier molecular flexibility index (Phi) is 4.90. The second-order valence-electron chi connectivity index (χ2n) is 7.13. The monoisotopic (exact) mass is 342 g/mol. The summed E-state index contributed by atoms with van der Waals surface area (Å²) in [5.74, 6) is 2.14. The van der Waals surface area contributed by atoms with Gasteiger partial charge >= 0.3 is 0 Å². The highest BCUT2D eigenvalue weighted by molar-refractivity contribution is 7.91. The zero-order valence-electron chi connectivity index (χ0n) is 13.5. The minimum atomic E-state index is -2.76. The number of rotatable bonds is 4. The van der Waals surface area contributed by atoms with Crippen molar-refractivity contribution in [3.63, 3.8) is 0 Å². The average Bonchev–Trinajstić information content (AvgIpc) is 3.06. The third kappa shape index (κ3) is 3.89. The topological polar surface area (TPSA) is 50.3 Å². The first-order valence-corrected chi connectivity index (χ1v) is 11.0. The fourth-order valence-corrected chi connectivity index (χ4v) is 6.52. The van der Waals surface area contributed by atoms with E-state index in [1.165, 1.54) is 23.5 Å². The molecule has 3 heterocycles. The number of nitrogens with zero attached hydrogens (tertiary/aromatic N) is 2. The van der Waals surface area contributed by atoms with Crippen LogP contribution in [0.15, 0.2) is 5.38 Å². The Bertz CT molecular complexity index is 609. The molecule has 1 aromatic heterocycles. The lowest BCUT2D eigenvalue weighted by Crippen LogP contribution is -2.38. The van der Waals surface area contributed by atoms with Crippen LogP contribution in [0.5, 0.6) is 0 Å². The van der Waals surface area contributed by atoms with Crippen molar-refractivity contribution in [2.24, 2.45) is 5.92 Å². The van der Waals surface area contributed by atoms with Gasteiger partial charge in [-0.3, -0.25) is 0 Å². The van der Waals surface area contributed by atoms with Crippen molar-refractivity contribution in [2.45, 2.75) is 44.9 Å². The minimum absolute atomic E-state index is 0.339. The highest BCUT2D eigenvalue weighted by Crippen LogP contribution is 2.31. The van der Waals surface area contributed by atoms with Gasteiger partial charge in [-0.15, -0.1) is 11.3 Å². The summed E-state index contributed by atoms with van der Waals surface area (Å²) in [7, 11) is -2.76. The molecule has 0 N–H and O–H groups in total. The van der Waals surface area contributed by atoms with Crippen LogP contribution in [0.3, 0.4) is 0 Å². The molecule has 2 saturated heterocycles. The van der Waals surface area contributed by atoms with E-state index in [-0.39, 0.29) is 0 Å². The van der Waals surface area contributed by atoms with Crippen LogP contribution in [0, 0.1) is 5.92 Å². The van der Waals surface area contributed by atoms with Crippen molar-refractivity contribution < 1.29 is 8.42 Å². The SMILES string of the molecule is CC(C)c1csc([C@H]2CCCN(C[C@H]3CCS(=O)(=O)C3)C2)n1. The van der Waals surface area contributed by atoms with Crippen molar-refractivity contribution in [3.8, 4) is 0 Å². The van der Waals surface area contributed by atoms with Gasteiger partial charge in [-0.05, 0) is 37.6 Å². The quantitative estimate of drug-likeness (QED) is 0.844. The molecular formula is C16H26N2O2S2. The summed E-state index contributed by atoms with van der Waals surface area (Å²) < 4.78 is 23.2. The molecule has 124 valence electrons. The number of thiazole rings is 1. The molecule has 3 rings (SSSR count). The molecular weight excluding hydrogens is 316 g/mol. The maximum absolute atomic E-state index is 11.6. The van der Waals surface area contributed by atoms with Gasteiger partial charge in [-0.25, -0.2) is 13.4 Å². The van der Waals surface area contributed by atoms with E-state index >= 15 is 0 Å². The first kappa shape index (κ1) is 16.4. The smallest absolute Gasteiger partial charge is 0.150 e. The molecule has 0 radical (unpaired) electrons. The normalized spacial score (nSPS) is 29.2. The average molecular weight is 343 g/mol. The Hall–Kier alpha value is -0.460. The molecule has 0 saturated carbocycles. The van der Waals surface area contributed by atoms with Crippen LogP contribution >= 0.6 is 11.3 Å². The van der Waals surface area contributed by atoms with Crippen molar-refractivity contribution in [1.29, 1.82) is 0 Å². The standard InChI is InChI=1S/C16H26N2O2S2/c1-12(2)15-10-21-16(17-15)14-4-3-6-18(9-14)8-13-5-7-22(19,20)11-13/h10,12-14H,3-9,11H2,1-2H3/t13-,14+/m1/s1. The van der Waals surface area contributed by atoms with Crippen molar-refractivity contribution in [3.05, 3.63) is 16.1 Å². The van der Waals surface area contributed by atoms with E-state index in [1.54, 1.807) is 11.3 Å². The summed E-state index contributed by atoms with van der Waals surface area (Å²) in [4.78, 5) is 7.29. The van der Waals surface area contributed by atoms with Gasteiger partial charge in [0.15, 0.2) is 9.84 Å². The fraction of sp³-hybridized carbons (Fsp3) is 0.812. The van der Waals surface area contributed by atoms with Gasteiger partial charge in [0.2, 0.25) is 0 Å². The third-order valence-electron chi connectivity index (χ3n) is 4.83. The maximum atomic E-state index is 11.6. The second kappa shape index (κ2) is 6.57. The molecule has 0 amide bonds. The van der Waals surface area contributed by atoms with Crippen LogP contribution in [0.1, 0.15) is 55.6 Å². The van der Waals surface area contributed by atoms with Crippen molar-refractivity contribution in [2.75, 3.05) is 31.1 Å². The molecule has 2 aliphatic rings. The van der Waals surface area contributed by atoms with E-state index in [9.17, 15) is 8.42 Å². The molecule has 2 atom stereocenters. The Labute approximate surface area is 137 Å². The Balaban J connectivity index is 1.59. The molecule has 0 bridgehead atoms. The number of piperidine rings is 1. The molecule has 6 heteroatoms. The predicted octanol–water partition coefficient (Wildman–Crippen LogP) is 2.88. The predicted molar refractivity (Wildman–Crippen MR) is 91.4 cm³/mol. The van der Waals surface area contributed by atoms with Crippen molar-refractivity contribution >= 4 is 21.2 Å². The van der Waals surface area contributed by atoms with Gasteiger partial charge in [0.1, 0.15) is 0 Å². The molecule has 0 aliphatic carbocycles. The summed E-state index contributed by atoms with van der Waals surface area (Å²) in [6.45, 7) is 7.47. The van der Waals surface area contributed by atoms with Crippen molar-refractivity contribution in [1.82, 2.24) is 9.88 Å². The van der Waals surface area contributed by atoms with Crippen LogP contribution in [0.25, 0.3) is 0 Å². The Morgan fingerprint density at radius 3 is 2.86 bits per heavy atom. The highest BCUT2D eigenvalue weighted by atomic mass is 32.2. The maximum Gasteiger partial charge on any atom is 0.150 e. The summed E-state index contributed by atoms with van der Waals surface area (Å²) in [5, 5.41) is 3.47. The number of likely N-dealkylation sites (tertiary alicyclic amines) is 1. The van der Waals surface area contributed by atoms with Crippen LogP contribution in [0.4, 0.5) is 0 Å². The molecule has 0 unspecified atom stereocenters. The van der Waals surface area contributed by atoms with Crippen LogP contribution < -0.4 is 0 Å². The van der Waals surface area contributed by atoms with Gasteiger partial charge in [0, 0.05) is 24.4 Å². The molecule has 2 aliphatic heterocycles. The second-order valence-corrected chi connectivity index (χ2v) is 10.3. The Morgan fingerprint density at radius 1 is 1.41 bits per heavy atom.